The molecule has 8 heteroatoms. The zero-order valence-electron chi connectivity index (χ0n) is 12.1. The van der Waals surface area contributed by atoms with Gasteiger partial charge in [-0.05, 0) is 31.2 Å². The summed E-state index contributed by atoms with van der Waals surface area (Å²) in [5.74, 6) is -0.918. The molecule has 5 nitrogen and oxygen atoms in total. The van der Waals surface area contributed by atoms with Gasteiger partial charge in [0.05, 0.1) is 11.5 Å². The lowest BCUT2D eigenvalue weighted by Gasteiger charge is -2.33. The van der Waals surface area contributed by atoms with Gasteiger partial charge in [-0.3, -0.25) is 0 Å². The van der Waals surface area contributed by atoms with Crippen LogP contribution in [0.3, 0.4) is 0 Å². The normalized spacial score (nSPS) is 18.9. The first-order valence-electron chi connectivity index (χ1n) is 6.91. The van der Waals surface area contributed by atoms with Crippen molar-refractivity contribution in [3.63, 3.8) is 0 Å². The molecule has 0 bridgehead atoms. The number of nitrogens with zero attached hydrogens (tertiary/aromatic N) is 1. The van der Waals surface area contributed by atoms with Crippen LogP contribution in [0.15, 0.2) is 29.2 Å². The van der Waals surface area contributed by atoms with Gasteiger partial charge >= 0.3 is 5.97 Å². The number of sulfonamides is 1. The van der Waals surface area contributed by atoms with Gasteiger partial charge in [0, 0.05) is 31.0 Å². The number of carbonyl (C=O) groups excluding carboxylic acids is 1. The van der Waals surface area contributed by atoms with E-state index < -0.39 is 21.7 Å². The minimum absolute atomic E-state index is 0.0692. The molecule has 0 radical (unpaired) electrons. The van der Waals surface area contributed by atoms with Crippen molar-refractivity contribution in [1.82, 2.24) is 4.31 Å². The van der Waals surface area contributed by atoms with Gasteiger partial charge in [-0.1, -0.05) is 11.6 Å². The maximum absolute atomic E-state index is 14.5. The number of alkyl halides is 1. The van der Waals surface area contributed by atoms with Gasteiger partial charge in [-0.2, -0.15) is 4.31 Å². The molecule has 1 fully saturated rings. The van der Waals surface area contributed by atoms with Crippen molar-refractivity contribution in [3.8, 4) is 0 Å². The molecule has 1 saturated heterocycles. The van der Waals surface area contributed by atoms with E-state index in [0.29, 0.717) is 5.02 Å². The number of rotatable bonds is 4. The van der Waals surface area contributed by atoms with E-state index in [1.54, 1.807) is 6.92 Å². The van der Waals surface area contributed by atoms with Crippen molar-refractivity contribution >= 4 is 27.6 Å². The van der Waals surface area contributed by atoms with Gasteiger partial charge in [0.1, 0.15) is 0 Å². The fourth-order valence-corrected chi connectivity index (χ4v) is 3.87. The van der Waals surface area contributed by atoms with Crippen molar-refractivity contribution < 1.29 is 22.3 Å². The van der Waals surface area contributed by atoms with Crippen LogP contribution in [-0.4, -0.2) is 44.1 Å². The van der Waals surface area contributed by atoms with Gasteiger partial charge in [0.25, 0.3) is 0 Å². The molecule has 0 unspecified atom stereocenters. The highest BCUT2D eigenvalue weighted by Gasteiger charge is 2.45. The van der Waals surface area contributed by atoms with Gasteiger partial charge in [-0.25, -0.2) is 17.6 Å². The molecule has 122 valence electrons. The van der Waals surface area contributed by atoms with Crippen LogP contribution in [0.1, 0.15) is 19.8 Å². The summed E-state index contributed by atoms with van der Waals surface area (Å²) >= 11 is 5.74. The average Bonchev–Trinajstić information content (AvgIpc) is 2.48. The number of hydrogen-bond donors (Lipinski definition) is 0. The molecule has 0 amide bonds. The summed E-state index contributed by atoms with van der Waals surface area (Å²) in [5, 5.41) is 0.433. The number of benzene rings is 1. The minimum Gasteiger partial charge on any atom is -0.464 e. The second-order valence-corrected chi connectivity index (χ2v) is 7.42. The Morgan fingerprint density at radius 2 is 1.86 bits per heavy atom. The predicted octanol–water partition coefficient (Wildman–Crippen LogP) is 2.40. The average molecular weight is 350 g/mol. The van der Waals surface area contributed by atoms with E-state index in [0.717, 1.165) is 0 Å². The first-order valence-corrected chi connectivity index (χ1v) is 8.73. The third-order valence-corrected chi connectivity index (χ3v) is 5.77. The molecular weight excluding hydrogens is 333 g/mol. The Morgan fingerprint density at radius 1 is 1.32 bits per heavy atom. The minimum atomic E-state index is -3.71. The van der Waals surface area contributed by atoms with E-state index in [4.69, 9.17) is 16.3 Å². The summed E-state index contributed by atoms with van der Waals surface area (Å²) in [6.07, 6.45) is -0.419. The predicted molar refractivity (Wildman–Crippen MR) is 79.9 cm³/mol. The standard InChI is InChI=1S/C14H17ClFNO4S/c1-2-21-13(18)14(16)7-9-17(10-8-14)22(19,20)12-5-3-11(15)4-6-12/h3-6H,2,7-10H2,1H3. The Bertz CT molecular complexity index is 639. The quantitative estimate of drug-likeness (QED) is 0.783. The molecule has 0 atom stereocenters. The SMILES string of the molecule is CCOC(=O)C1(F)CCN(S(=O)(=O)c2ccc(Cl)cc2)CC1. The van der Waals surface area contributed by atoms with E-state index in [-0.39, 0.29) is 37.4 Å². The highest BCUT2D eigenvalue weighted by Crippen LogP contribution is 2.31. The van der Waals surface area contributed by atoms with E-state index in [1.165, 1.54) is 28.6 Å². The summed E-state index contributed by atoms with van der Waals surface area (Å²) < 4.78 is 45.2. The molecule has 0 aromatic heterocycles. The number of piperidine rings is 1. The monoisotopic (exact) mass is 349 g/mol. The van der Waals surface area contributed by atoms with Crippen LogP contribution in [0, 0.1) is 0 Å². The highest BCUT2D eigenvalue weighted by molar-refractivity contribution is 7.89. The second-order valence-electron chi connectivity index (χ2n) is 5.04. The fourth-order valence-electron chi connectivity index (χ4n) is 2.30. The molecule has 22 heavy (non-hydrogen) atoms. The van der Waals surface area contributed by atoms with E-state index in [1.807, 2.05) is 0 Å². The molecule has 1 aromatic carbocycles. The molecule has 0 aliphatic carbocycles. The Morgan fingerprint density at radius 3 is 2.36 bits per heavy atom. The topological polar surface area (TPSA) is 63.7 Å². The zero-order chi connectivity index (χ0) is 16.4. The summed E-state index contributed by atoms with van der Waals surface area (Å²) in [5.41, 5.74) is -2.11. The third-order valence-electron chi connectivity index (χ3n) is 3.61. The van der Waals surface area contributed by atoms with Gasteiger partial charge in [0.15, 0.2) is 0 Å². The van der Waals surface area contributed by atoms with E-state index >= 15 is 0 Å². The van der Waals surface area contributed by atoms with E-state index in [2.05, 4.69) is 0 Å². The lowest BCUT2D eigenvalue weighted by molar-refractivity contribution is -0.160. The van der Waals surface area contributed by atoms with Crippen LogP contribution in [0.2, 0.25) is 5.02 Å². The summed E-state index contributed by atoms with van der Waals surface area (Å²) in [6.45, 7) is 1.55. The highest BCUT2D eigenvalue weighted by atomic mass is 35.5. The summed E-state index contributed by atoms with van der Waals surface area (Å²) in [6, 6.07) is 5.77. The molecule has 0 saturated carbocycles. The van der Waals surface area contributed by atoms with E-state index in [9.17, 15) is 17.6 Å². The van der Waals surface area contributed by atoms with Crippen molar-refractivity contribution in [2.75, 3.05) is 19.7 Å². The van der Waals surface area contributed by atoms with Crippen LogP contribution in [-0.2, 0) is 19.6 Å². The fraction of sp³-hybridized carbons (Fsp3) is 0.500. The van der Waals surface area contributed by atoms with Crippen LogP contribution >= 0.6 is 11.6 Å². The molecule has 2 rings (SSSR count). The summed E-state index contributed by atoms with van der Waals surface area (Å²) in [7, 11) is -3.71. The Labute approximate surface area is 134 Å². The number of halogens is 2. The van der Waals surface area contributed by atoms with Crippen molar-refractivity contribution in [2.24, 2.45) is 0 Å². The van der Waals surface area contributed by atoms with Gasteiger partial charge in [0.2, 0.25) is 15.7 Å². The summed E-state index contributed by atoms with van der Waals surface area (Å²) in [4.78, 5) is 11.7. The van der Waals surface area contributed by atoms with Crippen molar-refractivity contribution in [2.45, 2.75) is 30.3 Å². The van der Waals surface area contributed by atoms with Crippen molar-refractivity contribution in [1.29, 1.82) is 0 Å². The number of esters is 1. The van der Waals surface area contributed by atoms with Crippen molar-refractivity contribution in [3.05, 3.63) is 29.3 Å². The van der Waals surface area contributed by atoms with Crippen LogP contribution < -0.4 is 0 Å². The lowest BCUT2D eigenvalue weighted by atomic mass is 9.95. The molecule has 0 spiro atoms. The number of hydrogen-bond acceptors (Lipinski definition) is 4. The molecule has 0 N–H and O–H groups in total. The molecule has 1 aromatic rings. The number of carbonyl (C=O) groups is 1. The molecule has 1 aliphatic heterocycles. The molecule has 1 aliphatic rings. The smallest absolute Gasteiger partial charge is 0.343 e. The van der Waals surface area contributed by atoms with Crippen LogP contribution in [0.5, 0.6) is 0 Å². The van der Waals surface area contributed by atoms with Gasteiger partial charge < -0.3 is 4.74 Å². The maximum atomic E-state index is 14.5. The first-order chi connectivity index (χ1) is 10.3. The Balaban J connectivity index is 2.10. The largest absolute Gasteiger partial charge is 0.464 e. The van der Waals surface area contributed by atoms with Crippen LogP contribution in [0.25, 0.3) is 0 Å². The number of ether oxygens (including phenoxy) is 1. The third kappa shape index (κ3) is 3.42. The van der Waals surface area contributed by atoms with Crippen LogP contribution in [0.4, 0.5) is 4.39 Å². The Kier molecular flexibility index (Phi) is 5.09. The Hall–Kier alpha value is -1.18. The van der Waals surface area contributed by atoms with Gasteiger partial charge in [-0.15, -0.1) is 0 Å². The molecule has 1 heterocycles. The first kappa shape index (κ1) is 17.2. The lowest BCUT2D eigenvalue weighted by Crippen LogP contribution is -2.48. The second kappa shape index (κ2) is 6.52. The molecular formula is C14H17ClFNO4S. The maximum Gasteiger partial charge on any atom is 0.343 e. The zero-order valence-corrected chi connectivity index (χ0v) is 13.7.